The van der Waals surface area contributed by atoms with E-state index in [2.05, 4.69) is 5.32 Å². The van der Waals surface area contributed by atoms with Gasteiger partial charge in [-0.15, -0.1) is 0 Å². The standard InChI is InChI=1S/C11H11NO2S/c1-7-2-4-8(5-3-7)6-9-10(13)12-11(14)15-9/h2-5,9H,6H2,1H3,(H,12,13,14)/t9-/m1/s1. The molecule has 1 N–H and O–H groups in total. The molecule has 78 valence electrons. The van der Waals surface area contributed by atoms with Gasteiger partial charge in [-0.1, -0.05) is 41.6 Å². The van der Waals surface area contributed by atoms with Crippen molar-refractivity contribution >= 4 is 22.9 Å². The average Bonchev–Trinajstić information content (AvgIpc) is 2.49. The van der Waals surface area contributed by atoms with Crippen molar-refractivity contribution < 1.29 is 9.59 Å². The van der Waals surface area contributed by atoms with Gasteiger partial charge in [0.25, 0.3) is 5.24 Å². The Kier molecular flexibility index (Phi) is 2.77. The molecule has 1 fully saturated rings. The van der Waals surface area contributed by atoms with E-state index < -0.39 is 0 Å². The van der Waals surface area contributed by atoms with Crippen molar-refractivity contribution in [1.82, 2.24) is 5.32 Å². The van der Waals surface area contributed by atoms with Gasteiger partial charge in [0.2, 0.25) is 5.91 Å². The second kappa shape index (κ2) is 4.06. The summed E-state index contributed by atoms with van der Waals surface area (Å²) < 4.78 is 0. The molecule has 0 aromatic heterocycles. The third-order valence-corrected chi connectivity index (χ3v) is 3.29. The van der Waals surface area contributed by atoms with E-state index in [4.69, 9.17) is 0 Å². The molecule has 2 amide bonds. The summed E-state index contributed by atoms with van der Waals surface area (Å²) in [6, 6.07) is 8.00. The molecule has 0 radical (unpaired) electrons. The third-order valence-electron chi connectivity index (χ3n) is 2.31. The van der Waals surface area contributed by atoms with Gasteiger partial charge in [0.1, 0.15) is 0 Å². The summed E-state index contributed by atoms with van der Waals surface area (Å²) >= 11 is 1.07. The van der Waals surface area contributed by atoms with E-state index in [0.717, 1.165) is 17.3 Å². The van der Waals surface area contributed by atoms with Crippen molar-refractivity contribution in [3.05, 3.63) is 35.4 Å². The van der Waals surface area contributed by atoms with Gasteiger partial charge in [0, 0.05) is 0 Å². The lowest BCUT2D eigenvalue weighted by Crippen LogP contribution is -2.25. The minimum atomic E-state index is -0.264. The molecule has 1 aromatic carbocycles. The lowest BCUT2D eigenvalue weighted by Gasteiger charge is -2.05. The molecular formula is C11H11NO2S. The fourth-order valence-corrected chi connectivity index (χ4v) is 2.33. The first-order valence-electron chi connectivity index (χ1n) is 4.72. The highest BCUT2D eigenvalue weighted by Crippen LogP contribution is 2.22. The molecule has 1 aromatic rings. The Hall–Kier alpha value is -1.29. The number of aryl methyl sites for hydroxylation is 1. The smallest absolute Gasteiger partial charge is 0.286 e. The van der Waals surface area contributed by atoms with E-state index in [-0.39, 0.29) is 16.4 Å². The Labute approximate surface area is 92.2 Å². The Morgan fingerprint density at radius 3 is 2.47 bits per heavy atom. The van der Waals surface area contributed by atoms with Crippen molar-refractivity contribution in [2.24, 2.45) is 0 Å². The van der Waals surface area contributed by atoms with Crippen molar-refractivity contribution in [2.45, 2.75) is 18.6 Å². The van der Waals surface area contributed by atoms with Crippen LogP contribution in [0.4, 0.5) is 4.79 Å². The highest BCUT2D eigenvalue weighted by Gasteiger charge is 2.31. The molecule has 1 heterocycles. The maximum atomic E-state index is 11.3. The van der Waals surface area contributed by atoms with Gasteiger partial charge in [-0.2, -0.15) is 0 Å². The SMILES string of the molecule is Cc1ccc(C[C@H]2SC(=O)NC2=O)cc1. The van der Waals surface area contributed by atoms with Gasteiger partial charge in [0.05, 0.1) is 5.25 Å². The zero-order chi connectivity index (χ0) is 10.8. The van der Waals surface area contributed by atoms with E-state index in [1.54, 1.807) is 0 Å². The van der Waals surface area contributed by atoms with Crippen LogP contribution in [-0.4, -0.2) is 16.4 Å². The van der Waals surface area contributed by atoms with Gasteiger partial charge >= 0.3 is 0 Å². The fraction of sp³-hybridized carbons (Fsp3) is 0.273. The van der Waals surface area contributed by atoms with E-state index >= 15 is 0 Å². The van der Waals surface area contributed by atoms with Crippen LogP contribution in [-0.2, 0) is 11.2 Å². The molecule has 0 bridgehead atoms. The van der Waals surface area contributed by atoms with Crippen LogP contribution in [0.3, 0.4) is 0 Å². The molecule has 4 heteroatoms. The van der Waals surface area contributed by atoms with Gasteiger partial charge in [-0.05, 0) is 18.9 Å². The zero-order valence-electron chi connectivity index (χ0n) is 8.32. The monoisotopic (exact) mass is 221 g/mol. The van der Waals surface area contributed by atoms with Crippen LogP contribution in [0.5, 0.6) is 0 Å². The fourth-order valence-electron chi connectivity index (χ4n) is 1.47. The van der Waals surface area contributed by atoms with Crippen LogP contribution >= 0.6 is 11.8 Å². The third kappa shape index (κ3) is 2.39. The van der Waals surface area contributed by atoms with Crippen molar-refractivity contribution in [3.8, 4) is 0 Å². The summed E-state index contributed by atoms with van der Waals surface area (Å²) in [6.45, 7) is 2.02. The van der Waals surface area contributed by atoms with Crippen LogP contribution in [0.1, 0.15) is 11.1 Å². The maximum Gasteiger partial charge on any atom is 0.286 e. The number of rotatable bonds is 2. The number of hydrogen-bond acceptors (Lipinski definition) is 3. The molecular weight excluding hydrogens is 210 g/mol. The van der Waals surface area contributed by atoms with E-state index in [1.807, 2.05) is 31.2 Å². The molecule has 0 unspecified atom stereocenters. The number of hydrogen-bond donors (Lipinski definition) is 1. The van der Waals surface area contributed by atoms with Crippen LogP contribution in [0, 0.1) is 6.92 Å². The second-order valence-electron chi connectivity index (χ2n) is 3.57. The van der Waals surface area contributed by atoms with Gasteiger partial charge in [0.15, 0.2) is 0 Å². The molecule has 2 rings (SSSR count). The van der Waals surface area contributed by atoms with Crippen LogP contribution in [0.25, 0.3) is 0 Å². The molecule has 15 heavy (non-hydrogen) atoms. The van der Waals surface area contributed by atoms with Crippen LogP contribution in [0.2, 0.25) is 0 Å². The molecule has 1 aliphatic rings. The highest BCUT2D eigenvalue weighted by molar-refractivity contribution is 8.15. The summed E-state index contributed by atoms with van der Waals surface area (Å²) in [5.74, 6) is -0.175. The van der Waals surface area contributed by atoms with E-state index in [9.17, 15) is 9.59 Å². The maximum absolute atomic E-state index is 11.3. The van der Waals surface area contributed by atoms with Crippen LogP contribution < -0.4 is 5.32 Å². The Bertz CT molecular complexity index is 400. The topological polar surface area (TPSA) is 46.2 Å². The number of carbonyl (C=O) groups is 2. The first kappa shape index (κ1) is 10.2. The first-order valence-corrected chi connectivity index (χ1v) is 5.60. The number of nitrogens with one attached hydrogen (secondary N) is 1. The quantitative estimate of drug-likeness (QED) is 0.829. The van der Waals surface area contributed by atoms with Gasteiger partial charge in [-0.25, -0.2) is 0 Å². The Morgan fingerprint density at radius 1 is 1.27 bits per heavy atom. The minimum absolute atomic E-state index is 0.175. The predicted molar refractivity (Wildman–Crippen MR) is 59.8 cm³/mol. The largest absolute Gasteiger partial charge is 0.286 e. The average molecular weight is 221 g/mol. The normalized spacial score (nSPS) is 20.5. The second-order valence-corrected chi connectivity index (χ2v) is 4.75. The molecule has 0 spiro atoms. The number of benzene rings is 1. The van der Waals surface area contributed by atoms with Crippen LogP contribution in [0.15, 0.2) is 24.3 Å². The van der Waals surface area contributed by atoms with E-state index in [0.29, 0.717) is 6.42 Å². The summed E-state index contributed by atoms with van der Waals surface area (Å²) in [5, 5.41) is 1.78. The number of amides is 2. The van der Waals surface area contributed by atoms with Crippen molar-refractivity contribution in [1.29, 1.82) is 0 Å². The van der Waals surface area contributed by atoms with Crippen molar-refractivity contribution in [2.75, 3.05) is 0 Å². The molecule has 0 saturated carbocycles. The summed E-state index contributed by atoms with van der Waals surface area (Å²) in [7, 11) is 0. The summed E-state index contributed by atoms with van der Waals surface area (Å²) in [5.41, 5.74) is 2.28. The lowest BCUT2D eigenvalue weighted by atomic mass is 10.1. The zero-order valence-corrected chi connectivity index (χ0v) is 9.14. The number of imide groups is 1. The Morgan fingerprint density at radius 2 is 1.93 bits per heavy atom. The summed E-state index contributed by atoms with van der Waals surface area (Å²) in [6.07, 6.45) is 0.614. The molecule has 1 aliphatic heterocycles. The molecule has 0 aliphatic carbocycles. The molecule has 1 saturated heterocycles. The number of carbonyl (C=O) groups excluding carboxylic acids is 2. The highest BCUT2D eigenvalue weighted by atomic mass is 32.2. The molecule has 1 atom stereocenters. The first-order chi connectivity index (χ1) is 7.15. The Balaban J connectivity index is 2.06. The van der Waals surface area contributed by atoms with E-state index in [1.165, 1.54) is 5.56 Å². The lowest BCUT2D eigenvalue weighted by molar-refractivity contribution is -0.118. The predicted octanol–water partition coefficient (Wildman–Crippen LogP) is 1.89. The summed E-state index contributed by atoms with van der Waals surface area (Å²) in [4.78, 5) is 22.2. The minimum Gasteiger partial charge on any atom is -0.286 e. The van der Waals surface area contributed by atoms with Gasteiger partial charge < -0.3 is 0 Å². The molecule has 3 nitrogen and oxygen atoms in total. The number of thioether (sulfide) groups is 1. The van der Waals surface area contributed by atoms with Crippen molar-refractivity contribution in [3.63, 3.8) is 0 Å². The van der Waals surface area contributed by atoms with Gasteiger partial charge in [-0.3, -0.25) is 14.9 Å².